The molecule has 1 N–H and O–H groups in total. The summed E-state index contributed by atoms with van der Waals surface area (Å²) >= 11 is 0. The van der Waals surface area contributed by atoms with Crippen molar-refractivity contribution in [2.24, 2.45) is 5.92 Å². The number of rotatable bonds is 10. The van der Waals surface area contributed by atoms with Crippen molar-refractivity contribution in [3.05, 3.63) is 77.4 Å². The Morgan fingerprint density at radius 1 is 1.21 bits per heavy atom. The summed E-state index contributed by atoms with van der Waals surface area (Å²) in [5.41, 5.74) is 3.97. The first-order valence-electron chi connectivity index (χ1n) is 11.9. The van der Waals surface area contributed by atoms with Crippen molar-refractivity contribution in [1.29, 1.82) is 0 Å². The Morgan fingerprint density at radius 3 is 2.58 bits per heavy atom. The number of allylic oxidation sites excluding steroid dienone is 3. The standard InChI is InChI=1S/C28H37O4P/c1-6-7-9-12-22-18-26(29)28(25-17-21(4)15-16-24(25)20(2)3)27(19-22)32-33(30,31-5)23-13-10-8-11-14-23/h8,10-11,13-14,17-19,24-25,29H,2,6-7,9,12,15-16H2,1,3-5H3. The van der Waals surface area contributed by atoms with Crippen LogP contribution in [0, 0.1) is 5.92 Å². The Morgan fingerprint density at radius 2 is 1.94 bits per heavy atom. The first-order chi connectivity index (χ1) is 15.8. The zero-order valence-electron chi connectivity index (χ0n) is 20.3. The van der Waals surface area contributed by atoms with Crippen molar-refractivity contribution in [3.8, 4) is 11.5 Å². The van der Waals surface area contributed by atoms with Gasteiger partial charge in [-0.15, -0.1) is 0 Å². The summed E-state index contributed by atoms with van der Waals surface area (Å²) in [4.78, 5) is 0. The lowest BCUT2D eigenvalue weighted by Crippen LogP contribution is -2.19. The monoisotopic (exact) mass is 468 g/mol. The van der Waals surface area contributed by atoms with Crippen molar-refractivity contribution < 1.29 is 18.7 Å². The van der Waals surface area contributed by atoms with Crippen LogP contribution in [0.1, 0.15) is 69.9 Å². The highest BCUT2D eigenvalue weighted by Crippen LogP contribution is 2.53. The van der Waals surface area contributed by atoms with Crippen LogP contribution in [0.25, 0.3) is 0 Å². The SMILES string of the molecule is C=C(C)C1CCC(C)=CC1c1c(O)cc(CCCCC)cc1OP(=O)(OC)c1ccccc1. The van der Waals surface area contributed by atoms with Crippen molar-refractivity contribution in [1.82, 2.24) is 0 Å². The molecule has 2 aromatic carbocycles. The maximum absolute atomic E-state index is 13.8. The van der Waals surface area contributed by atoms with Gasteiger partial charge < -0.3 is 9.63 Å². The predicted molar refractivity (Wildman–Crippen MR) is 137 cm³/mol. The summed E-state index contributed by atoms with van der Waals surface area (Å²) in [5, 5.41) is 11.7. The highest BCUT2D eigenvalue weighted by atomic mass is 31.2. The highest BCUT2D eigenvalue weighted by molar-refractivity contribution is 7.62. The second-order valence-electron chi connectivity index (χ2n) is 9.12. The minimum Gasteiger partial charge on any atom is -0.507 e. The summed E-state index contributed by atoms with van der Waals surface area (Å²) in [7, 11) is -2.23. The molecule has 178 valence electrons. The maximum Gasteiger partial charge on any atom is 0.410 e. The third-order valence-corrected chi connectivity index (χ3v) is 8.34. The van der Waals surface area contributed by atoms with Crippen LogP contribution in [-0.4, -0.2) is 12.2 Å². The Kier molecular flexibility index (Phi) is 8.62. The fraction of sp³-hybridized carbons (Fsp3) is 0.429. The van der Waals surface area contributed by atoms with Gasteiger partial charge in [0.25, 0.3) is 0 Å². The van der Waals surface area contributed by atoms with E-state index in [-0.39, 0.29) is 17.6 Å². The molecule has 3 unspecified atom stereocenters. The maximum atomic E-state index is 13.8. The topological polar surface area (TPSA) is 55.8 Å². The Balaban J connectivity index is 2.13. The first-order valence-corrected chi connectivity index (χ1v) is 13.4. The zero-order chi connectivity index (χ0) is 24.0. The number of aromatic hydroxyl groups is 1. The first kappa shape index (κ1) is 25.3. The van der Waals surface area contributed by atoms with E-state index in [0.717, 1.165) is 49.7 Å². The van der Waals surface area contributed by atoms with Crippen LogP contribution in [0.15, 0.2) is 66.3 Å². The number of benzene rings is 2. The molecule has 33 heavy (non-hydrogen) atoms. The molecule has 3 atom stereocenters. The molecule has 4 nitrogen and oxygen atoms in total. The normalized spacial score (nSPS) is 20.1. The van der Waals surface area contributed by atoms with Crippen LogP contribution in [0.3, 0.4) is 0 Å². The largest absolute Gasteiger partial charge is 0.507 e. The molecule has 1 aliphatic rings. The van der Waals surface area contributed by atoms with Crippen molar-refractivity contribution in [3.63, 3.8) is 0 Å². The molecule has 0 saturated heterocycles. The zero-order valence-corrected chi connectivity index (χ0v) is 21.2. The molecule has 0 aromatic heterocycles. The average Bonchev–Trinajstić information content (AvgIpc) is 2.79. The average molecular weight is 469 g/mol. The van der Waals surface area contributed by atoms with Gasteiger partial charge >= 0.3 is 7.60 Å². The smallest absolute Gasteiger partial charge is 0.410 e. The predicted octanol–water partition coefficient (Wildman–Crippen LogP) is 7.68. The Bertz CT molecular complexity index is 1040. The lowest BCUT2D eigenvalue weighted by Gasteiger charge is -2.32. The minimum absolute atomic E-state index is 0.1000. The summed E-state index contributed by atoms with van der Waals surface area (Å²) < 4.78 is 25.5. The van der Waals surface area contributed by atoms with Gasteiger partial charge in [0.15, 0.2) is 0 Å². The molecule has 3 rings (SSSR count). The fourth-order valence-electron chi connectivity index (χ4n) is 4.64. The number of aryl methyl sites for hydroxylation is 1. The van der Waals surface area contributed by atoms with Gasteiger partial charge in [-0.2, -0.15) is 0 Å². The van der Waals surface area contributed by atoms with E-state index in [1.807, 2.05) is 37.3 Å². The third-order valence-electron chi connectivity index (χ3n) is 6.49. The molecular weight excluding hydrogens is 431 g/mol. The van der Waals surface area contributed by atoms with E-state index in [2.05, 4.69) is 26.5 Å². The van der Waals surface area contributed by atoms with E-state index in [0.29, 0.717) is 16.6 Å². The van der Waals surface area contributed by atoms with Gasteiger partial charge in [0.05, 0.1) is 5.30 Å². The van der Waals surface area contributed by atoms with E-state index in [1.165, 1.54) is 12.7 Å². The van der Waals surface area contributed by atoms with Gasteiger partial charge in [-0.05, 0) is 75.3 Å². The van der Waals surface area contributed by atoms with E-state index in [1.54, 1.807) is 12.1 Å². The minimum atomic E-state index is -3.64. The number of hydrogen-bond acceptors (Lipinski definition) is 4. The molecule has 0 radical (unpaired) electrons. The van der Waals surface area contributed by atoms with Gasteiger partial charge in [0.1, 0.15) is 11.5 Å². The second kappa shape index (κ2) is 11.2. The van der Waals surface area contributed by atoms with Crippen LogP contribution < -0.4 is 9.83 Å². The Hall–Kier alpha value is -2.29. The summed E-state index contributed by atoms with van der Waals surface area (Å²) in [6.07, 6.45) is 8.23. The van der Waals surface area contributed by atoms with Crippen LogP contribution in [0.2, 0.25) is 0 Å². The second-order valence-corrected chi connectivity index (χ2v) is 11.2. The van der Waals surface area contributed by atoms with Gasteiger partial charge in [-0.1, -0.05) is 61.8 Å². The van der Waals surface area contributed by atoms with Crippen molar-refractivity contribution in [2.75, 3.05) is 7.11 Å². The van der Waals surface area contributed by atoms with Crippen LogP contribution in [0.5, 0.6) is 11.5 Å². The van der Waals surface area contributed by atoms with E-state index < -0.39 is 7.60 Å². The molecule has 1 aliphatic carbocycles. The van der Waals surface area contributed by atoms with E-state index in [4.69, 9.17) is 9.05 Å². The van der Waals surface area contributed by atoms with Crippen molar-refractivity contribution >= 4 is 12.9 Å². The van der Waals surface area contributed by atoms with Gasteiger partial charge in [0, 0.05) is 18.6 Å². The summed E-state index contributed by atoms with van der Waals surface area (Å²) in [5.74, 6) is 0.679. The van der Waals surface area contributed by atoms with E-state index >= 15 is 0 Å². The molecule has 0 fully saturated rings. The molecule has 0 aliphatic heterocycles. The van der Waals surface area contributed by atoms with Crippen LogP contribution >= 0.6 is 7.60 Å². The fourth-order valence-corrected chi connectivity index (χ4v) is 5.98. The molecule has 0 spiro atoms. The van der Waals surface area contributed by atoms with Gasteiger partial charge in [0.2, 0.25) is 0 Å². The number of unbranched alkanes of at least 4 members (excludes halogenated alkanes) is 2. The molecular formula is C28H37O4P. The quantitative estimate of drug-likeness (QED) is 0.221. The van der Waals surface area contributed by atoms with Gasteiger partial charge in [-0.25, -0.2) is 4.57 Å². The van der Waals surface area contributed by atoms with Crippen LogP contribution in [-0.2, 0) is 15.5 Å². The molecule has 0 heterocycles. The number of phenolic OH excluding ortho intramolecular Hbond substituents is 1. The molecule has 0 amide bonds. The number of hydrogen-bond donors (Lipinski definition) is 1. The number of phenols is 1. The molecule has 2 aromatic rings. The third kappa shape index (κ3) is 5.99. The lowest BCUT2D eigenvalue weighted by atomic mass is 9.73. The lowest BCUT2D eigenvalue weighted by molar-refractivity contribution is 0.329. The highest BCUT2D eigenvalue weighted by Gasteiger charge is 2.34. The summed E-state index contributed by atoms with van der Waals surface area (Å²) in [6, 6.07) is 12.8. The van der Waals surface area contributed by atoms with Gasteiger partial charge in [-0.3, -0.25) is 4.52 Å². The molecule has 0 bridgehead atoms. The Labute approximate surface area is 198 Å². The summed E-state index contributed by atoms with van der Waals surface area (Å²) in [6.45, 7) is 10.5. The van der Waals surface area contributed by atoms with E-state index in [9.17, 15) is 9.67 Å². The van der Waals surface area contributed by atoms with Crippen LogP contribution in [0.4, 0.5) is 0 Å². The molecule has 5 heteroatoms. The molecule has 0 saturated carbocycles. The van der Waals surface area contributed by atoms with Crippen molar-refractivity contribution in [2.45, 2.75) is 65.2 Å².